The largest absolute Gasteiger partial charge is 0.368 e. The van der Waals surface area contributed by atoms with Gasteiger partial charge in [0.2, 0.25) is 5.95 Å². The van der Waals surface area contributed by atoms with Crippen molar-refractivity contribution in [3.8, 4) is 0 Å². The summed E-state index contributed by atoms with van der Waals surface area (Å²) >= 11 is 0. The van der Waals surface area contributed by atoms with E-state index in [9.17, 15) is 0 Å². The summed E-state index contributed by atoms with van der Waals surface area (Å²) < 4.78 is 2.14. The van der Waals surface area contributed by atoms with Gasteiger partial charge < -0.3 is 14.4 Å². The Morgan fingerprint density at radius 1 is 1.15 bits per heavy atom. The molecule has 0 aliphatic carbocycles. The molecule has 1 aromatic heterocycles. The molecular weight excluding hydrogens is 248 g/mol. The van der Waals surface area contributed by atoms with E-state index in [2.05, 4.69) is 60.6 Å². The van der Waals surface area contributed by atoms with Crippen LogP contribution in [0.3, 0.4) is 0 Å². The molecule has 0 fully saturated rings. The highest BCUT2D eigenvalue weighted by atomic mass is 15.3. The van der Waals surface area contributed by atoms with Crippen molar-refractivity contribution >= 4 is 11.6 Å². The van der Waals surface area contributed by atoms with Crippen molar-refractivity contribution < 1.29 is 0 Å². The molecule has 4 nitrogen and oxygen atoms in total. The second-order valence-corrected chi connectivity index (χ2v) is 5.58. The molecule has 0 atom stereocenters. The van der Waals surface area contributed by atoms with Gasteiger partial charge in [-0.1, -0.05) is 12.1 Å². The molecule has 0 aliphatic heterocycles. The van der Waals surface area contributed by atoms with Crippen LogP contribution in [-0.4, -0.2) is 30.7 Å². The summed E-state index contributed by atoms with van der Waals surface area (Å²) in [5.74, 6) is 0.981. The van der Waals surface area contributed by atoms with Gasteiger partial charge in [-0.3, -0.25) is 0 Å². The number of rotatable bonds is 4. The Hall–Kier alpha value is -1.97. The number of hydrogen-bond acceptors (Lipinski definition) is 3. The predicted molar refractivity (Wildman–Crippen MR) is 85.6 cm³/mol. The summed E-state index contributed by atoms with van der Waals surface area (Å²) in [6.45, 7) is 5.18. The second-order valence-electron chi connectivity index (χ2n) is 5.58. The summed E-state index contributed by atoms with van der Waals surface area (Å²) in [4.78, 5) is 8.77. The summed E-state index contributed by atoms with van der Waals surface area (Å²) in [5, 5.41) is 0. The van der Waals surface area contributed by atoms with Gasteiger partial charge in [-0.05, 0) is 31.0 Å². The van der Waals surface area contributed by atoms with Crippen molar-refractivity contribution in [3.05, 3.63) is 41.2 Å². The lowest BCUT2D eigenvalue weighted by atomic mass is 10.1. The van der Waals surface area contributed by atoms with E-state index in [1.165, 1.54) is 22.5 Å². The van der Waals surface area contributed by atoms with Gasteiger partial charge in [0.1, 0.15) is 0 Å². The molecule has 0 aliphatic rings. The first kappa shape index (κ1) is 14.4. The molecule has 108 valence electrons. The summed E-state index contributed by atoms with van der Waals surface area (Å²) in [6, 6.07) is 6.44. The number of aromatic nitrogens is 2. The summed E-state index contributed by atoms with van der Waals surface area (Å²) in [5.41, 5.74) is 5.15. The van der Waals surface area contributed by atoms with Crippen LogP contribution in [0.15, 0.2) is 24.4 Å². The van der Waals surface area contributed by atoms with Gasteiger partial charge in [0.15, 0.2) is 0 Å². The fraction of sp³-hybridized carbons (Fsp3) is 0.438. The van der Waals surface area contributed by atoms with Gasteiger partial charge in [-0.25, -0.2) is 4.98 Å². The van der Waals surface area contributed by atoms with E-state index in [0.717, 1.165) is 12.5 Å². The molecular formula is C16H24N4. The minimum Gasteiger partial charge on any atom is -0.368 e. The average molecular weight is 272 g/mol. The van der Waals surface area contributed by atoms with E-state index >= 15 is 0 Å². The minimum atomic E-state index is 0.849. The molecule has 0 unspecified atom stereocenters. The van der Waals surface area contributed by atoms with Crippen molar-refractivity contribution in [2.75, 3.05) is 30.9 Å². The third kappa shape index (κ3) is 2.64. The SMILES string of the molecule is Cc1cccc(N(C)Cc2cnc(N(C)C)n2C)c1C. The molecule has 0 bridgehead atoms. The monoisotopic (exact) mass is 272 g/mol. The molecule has 4 heteroatoms. The Bertz CT molecular complexity index is 599. The molecule has 0 N–H and O–H groups in total. The number of imidazole rings is 1. The van der Waals surface area contributed by atoms with Crippen LogP contribution in [0.25, 0.3) is 0 Å². The lowest BCUT2D eigenvalue weighted by Crippen LogP contribution is -2.20. The lowest BCUT2D eigenvalue weighted by Gasteiger charge is -2.23. The van der Waals surface area contributed by atoms with Crippen LogP contribution in [0.4, 0.5) is 11.6 Å². The Morgan fingerprint density at radius 3 is 2.45 bits per heavy atom. The van der Waals surface area contributed by atoms with E-state index in [0.29, 0.717) is 0 Å². The molecule has 0 saturated heterocycles. The van der Waals surface area contributed by atoms with Gasteiger partial charge in [0, 0.05) is 33.9 Å². The lowest BCUT2D eigenvalue weighted by molar-refractivity contribution is 0.775. The van der Waals surface area contributed by atoms with E-state index in [-0.39, 0.29) is 0 Å². The normalized spacial score (nSPS) is 10.7. The quantitative estimate of drug-likeness (QED) is 0.855. The molecule has 2 rings (SSSR count). The van der Waals surface area contributed by atoms with E-state index in [4.69, 9.17) is 0 Å². The fourth-order valence-electron chi connectivity index (χ4n) is 2.47. The molecule has 0 amide bonds. The standard InChI is InChI=1S/C16H24N4/c1-12-8-7-9-15(13(12)2)19(5)11-14-10-17-16(18(3)4)20(14)6/h7-10H,11H2,1-6H3. The van der Waals surface area contributed by atoms with Crippen molar-refractivity contribution in [3.63, 3.8) is 0 Å². The molecule has 2 aromatic rings. The smallest absolute Gasteiger partial charge is 0.204 e. The van der Waals surface area contributed by atoms with Crippen LogP contribution in [0.2, 0.25) is 0 Å². The first-order valence-electron chi connectivity index (χ1n) is 6.87. The van der Waals surface area contributed by atoms with E-state index in [1.807, 2.05) is 25.2 Å². The van der Waals surface area contributed by atoms with Crippen LogP contribution in [-0.2, 0) is 13.6 Å². The maximum atomic E-state index is 4.46. The summed E-state index contributed by atoms with van der Waals surface area (Å²) in [6.07, 6.45) is 1.96. The fourth-order valence-corrected chi connectivity index (χ4v) is 2.47. The molecule has 0 spiro atoms. The number of aryl methyl sites for hydroxylation is 1. The van der Waals surface area contributed by atoms with Crippen LogP contribution >= 0.6 is 0 Å². The zero-order chi connectivity index (χ0) is 14.9. The Balaban J connectivity index is 2.24. The third-order valence-electron chi connectivity index (χ3n) is 3.85. The topological polar surface area (TPSA) is 24.3 Å². The maximum absolute atomic E-state index is 4.46. The van der Waals surface area contributed by atoms with Crippen molar-refractivity contribution in [1.29, 1.82) is 0 Å². The highest BCUT2D eigenvalue weighted by Gasteiger charge is 2.12. The Kier molecular flexibility index (Phi) is 4.02. The first-order valence-corrected chi connectivity index (χ1v) is 6.87. The Morgan fingerprint density at radius 2 is 1.85 bits per heavy atom. The molecule has 1 aromatic carbocycles. The van der Waals surface area contributed by atoms with E-state index in [1.54, 1.807) is 0 Å². The van der Waals surface area contributed by atoms with Crippen LogP contribution in [0.5, 0.6) is 0 Å². The highest BCUT2D eigenvalue weighted by molar-refractivity contribution is 5.55. The average Bonchev–Trinajstić information content (AvgIpc) is 2.74. The molecule has 20 heavy (non-hydrogen) atoms. The second kappa shape index (κ2) is 5.57. The highest BCUT2D eigenvalue weighted by Crippen LogP contribution is 2.23. The van der Waals surface area contributed by atoms with Crippen LogP contribution < -0.4 is 9.80 Å². The summed E-state index contributed by atoms with van der Waals surface area (Å²) in [7, 11) is 8.22. The van der Waals surface area contributed by atoms with Gasteiger partial charge in [-0.15, -0.1) is 0 Å². The maximum Gasteiger partial charge on any atom is 0.204 e. The minimum absolute atomic E-state index is 0.849. The molecule has 0 saturated carbocycles. The zero-order valence-electron chi connectivity index (χ0n) is 13.3. The van der Waals surface area contributed by atoms with Crippen molar-refractivity contribution in [2.45, 2.75) is 20.4 Å². The van der Waals surface area contributed by atoms with Crippen LogP contribution in [0, 0.1) is 13.8 Å². The van der Waals surface area contributed by atoms with Gasteiger partial charge in [-0.2, -0.15) is 0 Å². The van der Waals surface area contributed by atoms with Gasteiger partial charge >= 0.3 is 0 Å². The number of anilines is 2. The third-order valence-corrected chi connectivity index (χ3v) is 3.85. The van der Waals surface area contributed by atoms with Crippen molar-refractivity contribution in [1.82, 2.24) is 9.55 Å². The van der Waals surface area contributed by atoms with Crippen molar-refractivity contribution in [2.24, 2.45) is 7.05 Å². The van der Waals surface area contributed by atoms with E-state index < -0.39 is 0 Å². The first-order chi connectivity index (χ1) is 9.41. The Labute approximate surface area is 121 Å². The molecule has 1 heterocycles. The number of hydrogen-bond donors (Lipinski definition) is 0. The van der Waals surface area contributed by atoms with Gasteiger partial charge in [0.25, 0.3) is 0 Å². The van der Waals surface area contributed by atoms with Gasteiger partial charge in [0.05, 0.1) is 18.4 Å². The zero-order valence-corrected chi connectivity index (χ0v) is 13.3. The van der Waals surface area contributed by atoms with Crippen LogP contribution in [0.1, 0.15) is 16.8 Å². The number of benzene rings is 1. The molecule has 0 radical (unpaired) electrons. The number of nitrogens with zero attached hydrogens (tertiary/aromatic N) is 4. The predicted octanol–water partition coefficient (Wildman–Crippen LogP) is 2.74.